The number of amides is 1. The zero-order chi connectivity index (χ0) is 26.7. The first-order valence-electron chi connectivity index (χ1n) is 11.8. The summed E-state index contributed by atoms with van der Waals surface area (Å²) in [7, 11) is 0. The summed E-state index contributed by atoms with van der Waals surface area (Å²) in [5, 5.41) is 6.75. The van der Waals surface area contributed by atoms with Crippen LogP contribution in [0.25, 0.3) is 11.3 Å². The van der Waals surface area contributed by atoms with Gasteiger partial charge in [-0.2, -0.15) is 5.10 Å². The van der Waals surface area contributed by atoms with E-state index in [2.05, 4.69) is 43.6 Å². The number of nitrogens with one attached hydrogen (secondary N) is 1. The predicted octanol–water partition coefficient (Wildman–Crippen LogP) is 7.49. The lowest BCUT2D eigenvalue weighted by atomic mass is 10.2. The molecule has 0 aliphatic rings. The summed E-state index contributed by atoms with van der Waals surface area (Å²) >= 11 is 12.4. The number of carbonyl (C=O) groups excluding carboxylic acids is 1. The minimum absolute atomic E-state index is 0.201. The van der Waals surface area contributed by atoms with Crippen LogP contribution in [0.15, 0.2) is 86.0 Å². The van der Waals surface area contributed by atoms with Crippen molar-refractivity contribution >= 4 is 62.8 Å². The molecule has 0 aliphatic carbocycles. The third-order valence-electron chi connectivity index (χ3n) is 5.16. The third kappa shape index (κ3) is 8.33. The van der Waals surface area contributed by atoms with Crippen molar-refractivity contribution < 1.29 is 14.3 Å². The number of benzene rings is 3. The molecule has 4 rings (SSSR count). The predicted molar refractivity (Wildman–Crippen MR) is 160 cm³/mol. The maximum atomic E-state index is 12.3. The van der Waals surface area contributed by atoms with E-state index in [-0.39, 0.29) is 11.7 Å². The zero-order valence-electron chi connectivity index (χ0n) is 20.5. The van der Waals surface area contributed by atoms with Crippen LogP contribution in [0.5, 0.6) is 11.5 Å². The van der Waals surface area contributed by atoms with Crippen LogP contribution in [0.4, 0.5) is 0 Å². The van der Waals surface area contributed by atoms with Crippen molar-refractivity contribution in [3.05, 3.63) is 92.7 Å². The number of nitrogens with zero attached hydrogens (tertiary/aromatic N) is 2. The number of thiazole rings is 1. The van der Waals surface area contributed by atoms with Gasteiger partial charge in [0.15, 0.2) is 15.8 Å². The number of carbonyl (C=O) groups is 1. The van der Waals surface area contributed by atoms with E-state index < -0.39 is 0 Å². The first kappa shape index (κ1) is 28.2. The Hall–Kier alpha value is -2.85. The molecule has 196 valence electrons. The average molecular weight is 631 g/mol. The molecule has 0 aliphatic heterocycles. The number of ether oxygens (including phenoxy) is 2. The van der Waals surface area contributed by atoms with Gasteiger partial charge in [-0.05, 0) is 58.2 Å². The molecule has 0 spiro atoms. The number of hydrazone groups is 1. The summed E-state index contributed by atoms with van der Waals surface area (Å²) in [6.07, 6.45) is 2.36. The molecule has 4 aromatic rings. The molecule has 38 heavy (non-hydrogen) atoms. The first-order chi connectivity index (χ1) is 18.5. The number of aromatic nitrogens is 1. The molecule has 0 radical (unpaired) electrons. The van der Waals surface area contributed by atoms with Gasteiger partial charge in [-0.3, -0.25) is 4.79 Å². The molecule has 0 saturated carbocycles. The molecule has 0 atom stereocenters. The molecule has 6 nitrogen and oxygen atoms in total. The van der Waals surface area contributed by atoms with Crippen LogP contribution in [-0.4, -0.2) is 36.1 Å². The van der Waals surface area contributed by atoms with Crippen LogP contribution in [0.3, 0.4) is 0 Å². The molecule has 10 heteroatoms. The Balaban J connectivity index is 1.29. The Morgan fingerprint density at radius 1 is 1.16 bits per heavy atom. The highest BCUT2D eigenvalue weighted by Gasteiger charge is 2.12. The molecule has 0 saturated heterocycles. The van der Waals surface area contributed by atoms with Crippen molar-refractivity contribution in [2.24, 2.45) is 5.10 Å². The van der Waals surface area contributed by atoms with Gasteiger partial charge >= 0.3 is 0 Å². The van der Waals surface area contributed by atoms with Crippen molar-refractivity contribution in [3.8, 4) is 22.8 Å². The van der Waals surface area contributed by atoms with Crippen molar-refractivity contribution in [2.75, 3.05) is 19.0 Å². The second-order valence-corrected chi connectivity index (χ2v) is 11.3. The van der Waals surface area contributed by atoms with Crippen LogP contribution >= 0.6 is 50.6 Å². The summed E-state index contributed by atoms with van der Waals surface area (Å²) in [5.41, 5.74) is 6.37. The highest BCUT2D eigenvalue weighted by molar-refractivity contribution is 9.10. The fourth-order valence-electron chi connectivity index (χ4n) is 3.40. The lowest BCUT2D eigenvalue weighted by Crippen LogP contribution is -2.19. The number of thioether (sulfide) groups is 1. The number of hydrogen-bond acceptors (Lipinski definition) is 7. The van der Waals surface area contributed by atoms with Gasteiger partial charge in [0, 0.05) is 22.4 Å². The molecule has 0 unspecified atom stereocenters. The largest absolute Gasteiger partial charge is 0.490 e. The molecule has 0 fully saturated rings. The van der Waals surface area contributed by atoms with Gasteiger partial charge in [0.1, 0.15) is 0 Å². The molecule has 1 amide bonds. The van der Waals surface area contributed by atoms with Crippen LogP contribution in [-0.2, 0) is 11.2 Å². The number of rotatable bonds is 12. The van der Waals surface area contributed by atoms with Crippen molar-refractivity contribution in [1.82, 2.24) is 10.4 Å². The Bertz CT molecular complexity index is 1380. The SMILES string of the molecule is CCOc1cc(/C=N/NC(=O)CSc2nc(-c3ccc(Cl)cc3)cs2)cc(Br)c1OCCc1ccccc1. The van der Waals surface area contributed by atoms with E-state index in [0.29, 0.717) is 29.7 Å². The van der Waals surface area contributed by atoms with Gasteiger partial charge in [-0.25, -0.2) is 10.4 Å². The summed E-state index contributed by atoms with van der Waals surface area (Å²) in [6.45, 7) is 2.93. The van der Waals surface area contributed by atoms with E-state index in [1.54, 1.807) is 6.21 Å². The van der Waals surface area contributed by atoms with E-state index in [1.807, 2.05) is 66.9 Å². The van der Waals surface area contributed by atoms with E-state index >= 15 is 0 Å². The quantitative estimate of drug-likeness (QED) is 0.0998. The standard InChI is InChI=1S/C28H25BrClN3O3S2/c1-2-35-25-15-20(14-23(29)27(25)36-13-12-19-6-4-3-5-7-19)16-31-33-26(34)18-38-28-32-24(17-37-28)21-8-10-22(30)11-9-21/h3-11,14-17H,2,12-13,18H2,1H3,(H,33,34)/b31-16+. The highest BCUT2D eigenvalue weighted by Crippen LogP contribution is 2.36. The second kappa shape index (κ2) is 14.3. The van der Waals surface area contributed by atoms with Crippen LogP contribution in [0, 0.1) is 0 Å². The molecule has 1 aromatic heterocycles. The van der Waals surface area contributed by atoms with E-state index in [4.69, 9.17) is 21.1 Å². The normalized spacial score (nSPS) is 11.0. The Labute approximate surface area is 243 Å². The minimum atomic E-state index is -0.223. The monoisotopic (exact) mass is 629 g/mol. The molecule has 1 N–H and O–H groups in total. The fraction of sp³-hybridized carbons (Fsp3) is 0.179. The van der Waals surface area contributed by atoms with Gasteiger partial charge in [-0.15, -0.1) is 11.3 Å². The van der Waals surface area contributed by atoms with Gasteiger partial charge < -0.3 is 9.47 Å². The molecule has 1 heterocycles. The van der Waals surface area contributed by atoms with E-state index in [0.717, 1.165) is 32.1 Å². The maximum absolute atomic E-state index is 12.3. The minimum Gasteiger partial charge on any atom is -0.490 e. The number of hydrogen-bond donors (Lipinski definition) is 1. The molecule has 3 aromatic carbocycles. The molecule has 0 bridgehead atoms. The summed E-state index contributed by atoms with van der Waals surface area (Å²) in [6, 6.07) is 21.4. The fourth-order valence-corrected chi connectivity index (χ4v) is 5.72. The van der Waals surface area contributed by atoms with Crippen LogP contribution in [0.2, 0.25) is 5.02 Å². The lowest BCUT2D eigenvalue weighted by molar-refractivity contribution is -0.118. The van der Waals surface area contributed by atoms with Gasteiger partial charge in [-0.1, -0.05) is 65.8 Å². The lowest BCUT2D eigenvalue weighted by Gasteiger charge is -2.14. The van der Waals surface area contributed by atoms with Gasteiger partial charge in [0.25, 0.3) is 5.91 Å². The molecular weight excluding hydrogens is 606 g/mol. The van der Waals surface area contributed by atoms with Gasteiger partial charge in [0.2, 0.25) is 0 Å². The first-order valence-corrected chi connectivity index (χ1v) is 14.8. The zero-order valence-corrected chi connectivity index (χ0v) is 24.5. The smallest absolute Gasteiger partial charge is 0.250 e. The van der Waals surface area contributed by atoms with Crippen molar-refractivity contribution in [3.63, 3.8) is 0 Å². The topological polar surface area (TPSA) is 72.8 Å². The van der Waals surface area contributed by atoms with Crippen LogP contribution < -0.4 is 14.9 Å². The summed E-state index contributed by atoms with van der Waals surface area (Å²) < 4.78 is 13.4. The second-order valence-electron chi connectivity index (χ2n) is 7.93. The van der Waals surface area contributed by atoms with E-state index in [1.165, 1.54) is 28.7 Å². The number of halogens is 2. The average Bonchev–Trinajstić information content (AvgIpc) is 3.39. The third-order valence-corrected chi connectivity index (χ3v) is 8.03. The van der Waals surface area contributed by atoms with Crippen molar-refractivity contribution in [1.29, 1.82) is 0 Å². The maximum Gasteiger partial charge on any atom is 0.250 e. The Morgan fingerprint density at radius 3 is 2.71 bits per heavy atom. The summed E-state index contributed by atoms with van der Waals surface area (Å²) in [5.74, 6) is 1.23. The highest BCUT2D eigenvalue weighted by atomic mass is 79.9. The Kier molecular flexibility index (Phi) is 10.6. The Morgan fingerprint density at radius 2 is 1.95 bits per heavy atom. The van der Waals surface area contributed by atoms with Crippen molar-refractivity contribution in [2.45, 2.75) is 17.7 Å². The summed E-state index contributed by atoms with van der Waals surface area (Å²) in [4.78, 5) is 16.9. The van der Waals surface area contributed by atoms with E-state index in [9.17, 15) is 4.79 Å². The van der Waals surface area contributed by atoms with Crippen LogP contribution in [0.1, 0.15) is 18.1 Å². The van der Waals surface area contributed by atoms with Gasteiger partial charge in [0.05, 0.1) is 35.3 Å². The molecular formula is C28H25BrClN3O3S2.